The molecule has 4 aliphatic rings. The summed E-state index contributed by atoms with van der Waals surface area (Å²) in [6.07, 6.45) is 8.18. The SMILES string of the molecule is CN=C(NCC1(S(C)(=O)=O)CCOCC1)N1CCN(C2CC3CCC2C3)CC1. The summed E-state index contributed by atoms with van der Waals surface area (Å²) in [5.41, 5.74) is 0. The maximum atomic E-state index is 12.5. The molecule has 28 heavy (non-hydrogen) atoms. The van der Waals surface area contributed by atoms with Gasteiger partial charge in [-0.3, -0.25) is 9.89 Å². The third kappa shape index (κ3) is 3.92. The Bertz CT molecular complexity index is 682. The Morgan fingerprint density at radius 1 is 1.14 bits per heavy atom. The van der Waals surface area contributed by atoms with Crippen LogP contribution in [0.15, 0.2) is 4.99 Å². The standard InChI is InChI=1S/C20H36N4O3S/c1-21-19(22-15-20(28(2,25)26)5-11-27-12-6-20)24-9-7-23(8-10-24)18-14-16-3-4-17(18)13-16/h16-18H,3-15H2,1-2H3,(H,21,22). The van der Waals surface area contributed by atoms with E-state index in [4.69, 9.17) is 4.74 Å². The Labute approximate surface area is 169 Å². The predicted octanol–water partition coefficient (Wildman–Crippen LogP) is 0.962. The maximum Gasteiger partial charge on any atom is 0.193 e. The average molecular weight is 413 g/mol. The highest BCUT2D eigenvalue weighted by Gasteiger charge is 2.44. The van der Waals surface area contributed by atoms with Gasteiger partial charge in [0.25, 0.3) is 0 Å². The van der Waals surface area contributed by atoms with Crippen molar-refractivity contribution in [1.82, 2.24) is 15.1 Å². The molecule has 8 heteroatoms. The first kappa shape index (κ1) is 20.4. The minimum absolute atomic E-state index is 0.411. The van der Waals surface area contributed by atoms with Crippen LogP contribution < -0.4 is 5.32 Å². The number of sulfone groups is 1. The molecule has 2 saturated carbocycles. The smallest absolute Gasteiger partial charge is 0.193 e. The van der Waals surface area contributed by atoms with E-state index in [0.29, 0.717) is 32.6 Å². The van der Waals surface area contributed by atoms with Crippen LogP contribution in [-0.2, 0) is 14.6 Å². The van der Waals surface area contributed by atoms with Gasteiger partial charge in [0.2, 0.25) is 0 Å². The number of nitrogens with one attached hydrogen (secondary N) is 1. The molecule has 0 spiro atoms. The van der Waals surface area contributed by atoms with Crippen LogP contribution in [-0.4, -0.2) is 94.2 Å². The Morgan fingerprint density at radius 3 is 2.39 bits per heavy atom. The van der Waals surface area contributed by atoms with Crippen LogP contribution in [0.3, 0.4) is 0 Å². The van der Waals surface area contributed by atoms with Gasteiger partial charge in [-0.2, -0.15) is 0 Å². The van der Waals surface area contributed by atoms with Crippen molar-refractivity contribution in [3.8, 4) is 0 Å². The van der Waals surface area contributed by atoms with Crippen molar-refractivity contribution in [3.05, 3.63) is 0 Å². The predicted molar refractivity (Wildman–Crippen MR) is 111 cm³/mol. The molecule has 0 amide bonds. The van der Waals surface area contributed by atoms with Crippen molar-refractivity contribution < 1.29 is 13.2 Å². The minimum atomic E-state index is -3.17. The molecule has 2 aliphatic carbocycles. The van der Waals surface area contributed by atoms with E-state index in [1.54, 1.807) is 7.05 Å². The maximum absolute atomic E-state index is 12.5. The van der Waals surface area contributed by atoms with Gasteiger partial charge >= 0.3 is 0 Å². The lowest BCUT2D eigenvalue weighted by atomic mass is 9.93. The van der Waals surface area contributed by atoms with Gasteiger partial charge in [-0.25, -0.2) is 8.42 Å². The molecule has 0 radical (unpaired) electrons. The number of fused-ring (bicyclic) bond motifs is 2. The molecule has 2 aliphatic heterocycles. The fraction of sp³-hybridized carbons (Fsp3) is 0.950. The number of hydrogen-bond acceptors (Lipinski definition) is 5. The highest BCUT2D eigenvalue weighted by atomic mass is 32.2. The van der Waals surface area contributed by atoms with Crippen LogP contribution >= 0.6 is 0 Å². The highest BCUT2D eigenvalue weighted by Crippen LogP contribution is 2.46. The molecule has 1 N–H and O–H groups in total. The van der Waals surface area contributed by atoms with Crippen LogP contribution in [0.5, 0.6) is 0 Å². The average Bonchev–Trinajstić information content (AvgIpc) is 3.32. The van der Waals surface area contributed by atoms with Crippen molar-refractivity contribution in [3.63, 3.8) is 0 Å². The van der Waals surface area contributed by atoms with Gasteiger partial charge in [0, 0.05) is 65.3 Å². The van der Waals surface area contributed by atoms with Crippen molar-refractivity contribution in [2.24, 2.45) is 16.8 Å². The zero-order chi connectivity index (χ0) is 19.8. The van der Waals surface area contributed by atoms with Crippen LogP contribution in [0, 0.1) is 11.8 Å². The van der Waals surface area contributed by atoms with Crippen molar-refractivity contribution in [2.75, 3.05) is 59.2 Å². The van der Waals surface area contributed by atoms with Gasteiger partial charge in [0.05, 0.1) is 4.75 Å². The van der Waals surface area contributed by atoms with E-state index in [1.807, 2.05) is 0 Å². The third-order valence-electron chi connectivity index (χ3n) is 7.75. The first-order chi connectivity index (χ1) is 13.4. The minimum Gasteiger partial charge on any atom is -0.381 e. The lowest BCUT2D eigenvalue weighted by molar-refractivity contribution is 0.0748. The summed E-state index contributed by atoms with van der Waals surface area (Å²) in [7, 11) is -1.38. The van der Waals surface area contributed by atoms with Gasteiger partial charge in [-0.1, -0.05) is 6.42 Å². The highest BCUT2D eigenvalue weighted by molar-refractivity contribution is 7.92. The normalized spacial score (nSPS) is 34.0. The fourth-order valence-electron chi connectivity index (χ4n) is 5.92. The van der Waals surface area contributed by atoms with Gasteiger partial charge in [-0.15, -0.1) is 0 Å². The second-order valence-corrected chi connectivity index (χ2v) is 11.6. The Balaban J connectivity index is 1.32. The molecule has 7 nitrogen and oxygen atoms in total. The van der Waals surface area contributed by atoms with Crippen molar-refractivity contribution in [1.29, 1.82) is 0 Å². The summed E-state index contributed by atoms with van der Waals surface area (Å²) in [5.74, 6) is 2.74. The molecule has 4 fully saturated rings. The quantitative estimate of drug-likeness (QED) is 0.548. The number of hydrogen-bond donors (Lipinski definition) is 1. The topological polar surface area (TPSA) is 74.2 Å². The van der Waals surface area contributed by atoms with Crippen molar-refractivity contribution >= 4 is 15.8 Å². The summed E-state index contributed by atoms with van der Waals surface area (Å²) in [5, 5.41) is 3.39. The molecule has 2 saturated heterocycles. The van der Waals surface area contributed by atoms with E-state index < -0.39 is 14.6 Å². The third-order valence-corrected chi connectivity index (χ3v) is 9.88. The molecule has 160 valence electrons. The molecule has 2 bridgehead atoms. The summed E-state index contributed by atoms with van der Waals surface area (Å²) in [4.78, 5) is 9.45. The Kier molecular flexibility index (Phi) is 5.91. The molecular formula is C20H36N4O3S. The summed E-state index contributed by atoms with van der Waals surface area (Å²) in [6, 6.07) is 0.798. The van der Waals surface area contributed by atoms with Gasteiger partial charge in [0.1, 0.15) is 0 Å². The Morgan fingerprint density at radius 2 is 1.86 bits per heavy atom. The van der Waals surface area contributed by atoms with E-state index in [9.17, 15) is 8.42 Å². The lowest BCUT2D eigenvalue weighted by Gasteiger charge is -2.42. The van der Waals surface area contributed by atoms with E-state index >= 15 is 0 Å². The second kappa shape index (κ2) is 8.11. The van der Waals surface area contributed by atoms with Gasteiger partial charge in [0.15, 0.2) is 15.8 Å². The lowest BCUT2D eigenvalue weighted by Crippen LogP contribution is -2.58. The van der Waals surface area contributed by atoms with Gasteiger partial charge in [-0.05, 0) is 43.9 Å². The van der Waals surface area contributed by atoms with Crippen LogP contribution in [0.2, 0.25) is 0 Å². The van der Waals surface area contributed by atoms with Crippen LogP contribution in [0.25, 0.3) is 0 Å². The number of aliphatic imine (C=N–C) groups is 1. The molecule has 2 heterocycles. The molecule has 3 atom stereocenters. The number of guanidine groups is 1. The van der Waals surface area contributed by atoms with Crippen molar-refractivity contribution in [2.45, 2.75) is 49.3 Å². The first-order valence-electron chi connectivity index (χ1n) is 10.9. The summed E-state index contributed by atoms with van der Waals surface area (Å²) >= 11 is 0. The van der Waals surface area contributed by atoms with Crippen LogP contribution in [0.1, 0.15) is 38.5 Å². The summed E-state index contributed by atoms with van der Waals surface area (Å²) < 4.78 is 29.6. The van der Waals surface area contributed by atoms with E-state index in [0.717, 1.165) is 50.0 Å². The molecule has 0 aromatic rings. The number of ether oxygens (including phenoxy) is 1. The molecule has 0 aromatic carbocycles. The zero-order valence-corrected chi connectivity index (χ0v) is 18.2. The molecule has 4 rings (SSSR count). The number of piperazine rings is 1. The monoisotopic (exact) mass is 412 g/mol. The van der Waals surface area contributed by atoms with Crippen LogP contribution in [0.4, 0.5) is 0 Å². The van der Waals surface area contributed by atoms with E-state index in [2.05, 4.69) is 20.1 Å². The first-order valence-corrected chi connectivity index (χ1v) is 12.8. The Hall–Kier alpha value is -0.860. The second-order valence-electron chi connectivity index (χ2n) is 9.23. The summed E-state index contributed by atoms with van der Waals surface area (Å²) in [6.45, 7) is 5.52. The van der Waals surface area contributed by atoms with Gasteiger partial charge < -0.3 is 15.0 Å². The molecule has 3 unspecified atom stereocenters. The largest absolute Gasteiger partial charge is 0.381 e. The van der Waals surface area contributed by atoms with E-state index in [-0.39, 0.29) is 0 Å². The number of nitrogens with zero attached hydrogens (tertiary/aromatic N) is 3. The molecular weight excluding hydrogens is 376 g/mol. The number of rotatable bonds is 4. The zero-order valence-electron chi connectivity index (χ0n) is 17.4. The fourth-order valence-corrected chi connectivity index (χ4v) is 7.16. The van der Waals surface area contributed by atoms with E-state index in [1.165, 1.54) is 31.9 Å². The molecule has 0 aromatic heterocycles.